The van der Waals surface area contributed by atoms with E-state index in [9.17, 15) is 4.79 Å². The Balaban J connectivity index is 1.46. The molecule has 0 atom stereocenters. The summed E-state index contributed by atoms with van der Waals surface area (Å²) in [4.78, 5) is 27.2. The molecule has 0 unspecified atom stereocenters. The van der Waals surface area contributed by atoms with Gasteiger partial charge in [0.2, 0.25) is 5.95 Å². The normalized spacial score (nSPS) is 21.0. The number of carbonyl (C=O) groups excluding carboxylic acids is 1. The van der Waals surface area contributed by atoms with Crippen LogP contribution in [0, 0.1) is 0 Å². The number of hydrogen-bond acceptors (Lipinski definition) is 5. The van der Waals surface area contributed by atoms with Crippen molar-refractivity contribution in [2.75, 3.05) is 51.2 Å². The number of likely N-dealkylation sites (tertiary alicyclic amines) is 1. The summed E-state index contributed by atoms with van der Waals surface area (Å²) in [5, 5.41) is 3.17. The van der Waals surface area contributed by atoms with Gasteiger partial charge in [-0.2, -0.15) is 0 Å². The third kappa shape index (κ3) is 3.65. The molecular formula is C15H24N6O. The highest BCUT2D eigenvalue weighted by Gasteiger charge is 2.25. The summed E-state index contributed by atoms with van der Waals surface area (Å²) in [6, 6.07) is 2.21. The van der Waals surface area contributed by atoms with Gasteiger partial charge in [0.15, 0.2) is 0 Å². The van der Waals surface area contributed by atoms with Gasteiger partial charge >= 0.3 is 6.03 Å². The van der Waals surface area contributed by atoms with Crippen molar-refractivity contribution in [3.63, 3.8) is 0 Å². The first-order chi connectivity index (χ1) is 10.7. The fourth-order valence-corrected chi connectivity index (χ4v) is 2.98. The smallest absolute Gasteiger partial charge is 0.317 e. The first-order valence-corrected chi connectivity index (χ1v) is 7.98. The van der Waals surface area contributed by atoms with E-state index in [2.05, 4.69) is 32.1 Å². The maximum absolute atomic E-state index is 12.3. The molecule has 0 saturated carbocycles. The van der Waals surface area contributed by atoms with Gasteiger partial charge in [0, 0.05) is 44.6 Å². The summed E-state index contributed by atoms with van der Waals surface area (Å²) < 4.78 is 0. The van der Waals surface area contributed by atoms with Crippen LogP contribution in [0.5, 0.6) is 0 Å². The number of piperidine rings is 1. The average Bonchev–Trinajstić information content (AvgIpc) is 2.58. The Bertz CT molecular complexity index is 480. The molecule has 120 valence electrons. The summed E-state index contributed by atoms with van der Waals surface area (Å²) in [5.41, 5.74) is 0. The topological polar surface area (TPSA) is 64.6 Å². The van der Waals surface area contributed by atoms with Crippen LogP contribution < -0.4 is 10.2 Å². The molecule has 1 N–H and O–H groups in total. The minimum Gasteiger partial charge on any atom is -0.337 e. The predicted molar refractivity (Wildman–Crippen MR) is 84.9 cm³/mol. The van der Waals surface area contributed by atoms with E-state index in [0.717, 1.165) is 58.1 Å². The molecule has 3 rings (SSSR count). The second-order valence-corrected chi connectivity index (χ2v) is 6.05. The van der Waals surface area contributed by atoms with E-state index in [1.165, 1.54) is 0 Å². The van der Waals surface area contributed by atoms with Gasteiger partial charge in [0.05, 0.1) is 0 Å². The molecule has 2 fully saturated rings. The van der Waals surface area contributed by atoms with Crippen molar-refractivity contribution in [2.24, 2.45) is 0 Å². The van der Waals surface area contributed by atoms with Gasteiger partial charge < -0.3 is 20.0 Å². The van der Waals surface area contributed by atoms with Gasteiger partial charge in [0.25, 0.3) is 0 Å². The maximum Gasteiger partial charge on any atom is 0.317 e. The predicted octanol–water partition coefficient (Wildman–Crippen LogP) is 0.402. The van der Waals surface area contributed by atoms with E-state index in [-0.39, 0.29) is 6.03 Å². The van der Waals surface area contributed by atoms with Crippen molar-refractivity contribution < 1.29 is 4.79 Å². The second-order valence-electron chi connectivity index (χ2n) is 6.05. The molecule has 22 heavy (non-hydrogen) atoms. The molecule has 2 saturated heterocycles. The van der Waals surface area contributed by atoms with Crippen LogP contribution in [0.15, 0.2) is 18.5 Å². The van der Waals surface area contributed by atoms with Crippen molar-refractivity contribution in [2.45, 2.75) is 18.9 Å². The lowest BCUT2D eigenvalue weighted by molar-refractivity contribution is 0.178. The Labute approximate surface area is 131 Å². The zero-order chi connectivity index (χ0) is 15.4. The van der Waals surface area contributed by atoms with Crippen molar-refractivity contribution in [3.8, 4) is 0 Å². The van der Waals surface area contributed by atoms with Gasteiger partial charge in [-0.25, -0.2) is 14.8 Å². The number of urea groups is 1. The van der Waals surface area contributed by atoms with Crippen LogP contribution in [0.3, 0.4) is 0 Å². The fraction of sp³-hybridized carbons (Fsp3) is 0.667. The zero-order valence-corrected chi connectivity index (χ0v) is 13.1. The molecule has 0 bridgehead atoms. The molecule has 0 aromatic carbocycles. The summed E-state index contributed by atoms with van der Waals surface area (Å²) in [7, 11) is 2.13. The SMILES string of the molecule is CN1CCC(NC(=O)N2CCN(c3ncccn3)CC2)CC1. The Kier molecular flexibility index (Phi) is 4.72. The molecule has 1 aromatic rings. The Morgan fingerprint density at radius 1 is 1.09 bits per heavy atom. The number of aromatic nitrogens is 2. The number of hydrogen-bond donors (Lipinski definition) is 1. The molecule has 0 radical (unpaired) electrons. The molecular weight excluding hydrogens is 280 g/mol. The van der Waals surface area contributed by atoms with Crippen LogP contribution in [0.25, 0.3) is 0 Å². The highest BCUT2D eigenvalue weighted by atomic mass is 16.2. The first kappa shape index (κ1) is 15.0. The summed E-state index contributed by atoms with van der Waals surface area (Å²) in [5.74, 6) is 0.748. The lowest BCUT2D eigenvalue weighted by Gasteiger charge is -2.36. The van der Waals surface area contributed by atoms with Crippen LogP contribution in [-0.4, -0.2) is 78.2 Å². The number of anilines is 1. The quantitative estimate of drug-likeness (QED) is 0.857. The van der Waals surface area contributed by atoms with Crippen LogP contribution in [0.1, 0.15) is 12.8 Å². The third-order valence-corrected chi connectivity index (χ3v) is 4.45. The fourth-order valence-electron chi connectivity index (χ4n) is 2.98. The van der Waals surface area contributed by atoms with E-state index < -0.39 is 0 Å². The molecule has 0 aliphatic carbocycles. The highest BCUT2D eigenvalue weighted by Crippen LogP contribution is 2.12. The number of amides is 2. The van der Waals surface area contributed by atoms with E-state index in [1.807, 2.05) is 11.0 Å². The number of piperazine rings is 1. The van der Waals surface area contributed by atoms with E-state index in [0.29, 0.717) is 6.04 Å². The average molecular weight is 304 g/mol. The van der Waals surface area contributed by atoms with Gasteiger partial charge in [-0.1, -0.05) is 0 Å². The van der Waals surface area contributed by atoms with Gasteiger partial charge in [0.1, 0.15) is 0 Å². The molecule has 2 aliphatic rings. The number of rotatable bonds is 2. The molecule has 0 spiro atoms. The van der Waals surface area contributed by atoms with Crippen LogP contribution in [0.2, 0.25) is 0 Å². The van der Waals surface area contributed by atoms with E-state index in [4.69, 9.17) is 0 Å². The second kappa shape index (κ2) is 6.91. The molecule has 2 amide bonds. The molecule has 7 nitrogen and oxygen atoms in total. The van der Waals surface area contributed by atoms with Crippen molar-refractivity contribution >= 4 is 12.0 Å². The lowest BCUT2D eigenvalue weighted by atomic mass is 10.1. The van der Waals surface area contributed by atoms with Gasteiger partial charge in [-0.3, -0.25) is 0 Å². The van der Waals surface area contributed by atoms with Crippen LogP contribution >= 0.6 is 0 Å². The van der Waals surface area contributed by atoms with E-state index >= 15 is 0 Å². The summed E-state index contributed by atoms with van der Waals surface area (Å²) in [6.45, 7) is 5.12. The summed E-state index contributed by atoms with van der Waals surface area (Å²) in [6.07, 6.45) is 5.59. The van der Waals surface area contributed by atoms with Crippen LogP contribution in [0.4, 0.5) is 10.7 Å². The Morgan fingerprint density at radius 3 is 2.36 bits per heavy atom. The molecule has 7 heteroatoms. The van der Waals surface area contributed by atoms with Gasteiger partial charge in [-0.15, -0.1) is 0 Å². The van der Waals surface area contributed by atoms with E-state index in [1.54, 1.807) is 12.4 Å². The number of carbonyl (C=O) groups is 1. The largest absolute Gasteiger partial charge is 0.337 e. The minimum absolute atomic E-state index is 0.0724. The van der Waals surface area contributed by atoms with Crippen molar-refractivity contribution in [3.05, 3.63) is 18.5 Å². The number of nitrogens with zero attached hydrogens (tertiary/aromatic N) is 5. The molecule has 1 aromatic heterocycles. The Hall–Kier alpha value is -1.89. The van der Waals surface area contributed by atoms with Crippen molar-refractivity contribution in [1.82, 2.24) is 25.1 Å². The minimum atomic E-state index is 0.0724. The maximum atomic E-state index is 12.3. The Morgan fingerprint density at radius 2 is 1.73 bits per heavy atom. The lowest BCUT2D eigenvalue weighted by Crippen LogP contribution is -2.55. The van der Waals surface area contributed by atoms with Gasteiger partial charge in [-0.05, 0) is 39.0 Å². The highest BCUT2D eigenvalue weighted by molar-refractivity contribution is 5.74. The monoisotopic (exact) mass is 304 g/mol. The first-order valence-electron chi connectivity index (χ1n) is 7.98. The zero-order valence-electron chi connectivity index (χ0n) is 13.1. The molecule has 3 heterocycles. The van der Waals surface area contributed by atoms with Crippen LogP contribution in [-0.2, 0) is 0 Å². The summed E-state index contributed by atoms with van der Waals surface area (Å²) >= 11 is 0. The molecule has 2 aliphatic heterocycles. The number of nitrogens with one attached hydrogen (secondary N) is 1. The van der Waals surface area contributed by atoms with Crippen molar-refractivity contribution in [1.29, 1.82) is 0 Å². The third-order valence-electron chi connectivity index (χ3n) is 4.45. The standard InChI is InChI=1S/C15H24N6O/c1-19-7-3-13(4-8-19)18-15(22)21-11-9-20(10-12-21)14-16-5-2-6-17-14/h2,5-6,13H,3-4,7-12H2,1H3,(H,18,22).